The summed E-state index contributed by atoms with van der Waals surface area (Å²) in [7, 11) is -4.89. The summed E-state index contributed by atoms with van der Waals surface area (Å²) in [5.41, 5.74) is -0.805. The zero-order valence-electron chi connectivity index (χ0n) is 16.9. The molecule has 0 aromatic heterocycles. The molecular formula is C18H13ClN2O6SSr-2. The number of nitrogens with zero attached hydrogens (tertiary/aromatic N) is 2. The van der Waals surface area contributed by atoms with E-state index in [1.807, 2.05) is 0 Å². The normalized spacial score (nSPS) is 11.6. The third-order valence-electron chi connectivity index (χ3n) is 3.97. The maximum Gasteiger partial charge on any atom is 2.00 e. The zero-order valence-corrected chi connectivity index (χ0v) is 20.0. The van der Waals surface area contributed by atoms with Crippen LogP contribution in [-0.2, 0) is 10.1 Å². The molecule has 0 fully saturated rings. The average molecular weight is 508 g/mol. The second-order valence-electron chi connectivity index (χ2n) is 5.85. The number of benzene rings is 3. The first kappa shape index (κ1) is 23.7. The first-order valence-corrected chi connectivity index (χ1v) is 9.52. The van der Waals surface area contributed by atoms with Crippen LogP contribution < -0.4 is 5.11 Å². The molecule has 3 aromatic rings. The van der Waals surface area contributed by atoms with Crippen molar-refractivity contribution >= 4 is 95.3 Å². The molecule has 11 heteroatoms. The molecule has 0 aliphatic heterocycles. The van der Waals surface area contributed by atoms with Crippen molar-refractivity contribution in [1.29, 1.82) is 0 Å². The summed E-state index contributed by atoms with van der Waals surface area (Å²) in [6.07, 6.45) is 0. The van der Waals surface area contributed by atoms with Gasteiger partial charge in [0.1, 0.15) is 15.8 Å². The molecule has 3 rings (SSSR count). The third-order valence-corrected chi connectivity index (χ3v) is 5.25. The van der Waals surface area contributed by atoms with Crippen LogP contribution >= 0.6 is 11.6 Å². The van der Waals surface area contributed by atoms with Crippen LogP contribution in [0.25, 0.3) is 10.8 Å². The largest absolute Gasteiger partial charge is 2.00 e. The molecule has 0 bridgehead atoms. The van der Waals surface area contributed by atoms with Gasteiger partial charge in [0.05, 0.1) is 16.1 Å². The number of carboxylic acid groups (broad SMARTS) is 1. The molecule has 0 amide bonds. The van der Waals surface area contributed by atoms with E-state index in [0.29, 0.717) is 16.3 Å². The molecule has 0 radical (unpaired) electrons. The molecule has 0 saturated heterocycles. The molecule has 0 saturated carbocycles. The molecule has 0 heterocycles. The Balaban J connectivity index is 0.00000300. The van der Waals surface area contributed by atoms with Crippen LogP contribution in [0.4, 0.5) is 11.4 Å². The van der Waals surface area contributed by atoms with Gasteiger partial charge in [-0.3, -0.25) is 0 Å². The maximum absolute atomic E-state index is 12.5. The number of aromatic carboxylic acids is 1. The Labute approximate surface area is 210 Å². The van der Waals surface area contributed by atoms with Gasteiger partial charge >= 0.3 is 51.5 Å². The molecule has 148 valence electrons. The first-order valence-electron chi connectivity index (χ1n) is 7.73. The maximum atomic E-state index is 12.5. The Kier molecular flexibility index (Phi) is 7.44. The molecule has 29 heavy (non-hydrogen) atoms. The number of carbonyl (C=O) groups is 1. The number of hydrogen-bond acceptors (Lipinski definition) is 7. The van der Waals surface area contributed by atoms with Gasteiger partial charge in [0, 0.05) is 10.4 Å². The number of aryl methyl sites for hydroxylation is 1. The van der Waals surface area contributed by atoms with Crippen molar-refractivity contribution in [3.05, 3.63) is 58.6 Å². The number of hydrogen-bond donors (Lipinski definition) is 1. The van der Waals surface area contributed by atoms with Gasteiger partial charge in [0.15, 0.2) is 0 Å². The van der Waals surface area contributed by atoms with Crippen molar-refractivity contribution < 1.29 is 30.8 Å². The summed E-state index contributed by atoms with van der Waals surface area (Å²) >= 11 is 5.97. The Morgan fingerprint density at radius 1 is 1.17 bits per heavy atom. The minimum Gasteiger partial charge on any atom is -1.00 e. The van der Waals surface area contributed by atoms with E-state index in [-0.39, 0.29) is 64.7 Å². The first-order chi connectivity index (χ1) is 13.1. The van der Waals surface area contributed by atoms with Crippen LogP contribution in [-0.4, -0.2) is 69.5 Å². The molecule has 0 unspecified atom stereocenters. The molecule has 0 aliphatic rings. The van der Waals surface area contributed by atoms with Crippen molar-refractivity contribution in [2.45, 2.75) is 11.8 Å². The molecule has 0 spiro atoms. The fourth-order valence-electron chi connectivity index (χ4n) is 2.59. The Hall–Kier alpha value is -1.53. The summed E-state index contributed by atoms with van der Waals surface area (Å²) in [6, 6.07) is 9.83. The van der Waals surface area contributed by atoms with E-state index in [9.17, 15) is 28.0 Å². The second kappa shape index (κ2) is 9.09. The van der Waals surface area contributed by atoms with Gasteiger partial charge < -0.3 is 17.6 Å². The van der Waals surface area contributed by atoms with Gasteiger partial charge in [-0.2, -0.15) is 5.11 Å². The quantitative estimate of drug-likeness (QED) is 0.323. The Bertz CT molecular complexity index is 1270. The van der Waals surface area contributed by atoms with Gasteiger partial charge in [-0.15, -0.1) is 5.11 Å². The fourth-order valence-corrected chi connectivity index (χ4v) is 3.43. The van der Waals surface area contributed by atoms with E-state index in [0.717, 1.165) is 12.1 Å². The number of carboxylic acids is 1. The summed E-state index contributed by atoms with van der Waals surface area (Å²) in [5.74, 6) is -2.33. The van der Waals surface area contributed by atoms with E-state index >= 15 is 0 Å². The van der Waals surface area contributed by atoms with E-state index in [2.05, 4.69) is 10.2 Å². The summed E-state index contributed by atoms with van der Waals surface area (Å²) < 4.78 is 34.5. The molecule has 8 nitrogen and oxygen atoms in total. The Morgan fingerprint density at radius 3 is 2.45 bits per heavy atom. The fraction of sp³-hybridized carbons (Fsp3) is 0.0556. The van der Waals surface area contributed by atoms with E-state index < -0.39 is 32.3 Å². The standard InChI is InChI=1S/C18H13ClN2O6S.Sr.2H/c1-9-6-15(28(25,26)27)14(8-13(9)19)20-21-16-11-5-3-2-4-10(11)7-12(17(16)22)18(23)24;;;/h2-8,22H,1H3,(H,23,24)(H,25,26,27);;;/q;+2;2*-1/p-2. The van der Waals surface area contributed by atoms with Crippen LogP contribution in [0.15, 0.2) is 57.6 Å². The number of azo groups is 1. The van der Waals surface area contributed by atoms with Gasteiger partial charge in [-0.1, -0.05) is 41.6 Å². The topological polar surface area (TPSA) is 142 Å². The van der Waals surface area contributed by atoms with Crippen LogP contribution in [0.3, 0.4) is 0 Å². The van der Waals surface area contributed by atoms with Gasteiger partial charge in [-0.05, 0) is 36.1 Å². The van der Waals surface area contributed by atoms with Crippen molar-refractivity contribution in [2.24, 2.45) is 10.2 Å². The predicted octanol–water partition coefficient (Wildman–Crippen LogP) is 3.74. The number of halogens is 1. The van der Waals surface area contributed by atoms with E-state index in [1.165, 1.54) is 13.0 Å². The molecular weight excluding hydrogens is 495 g/mol. The summed E-state index contributed by atoms with van der Waals surface area (Å²) in [5, 5.41) is 30.2. The van der Waals surface area contributed by atoms with Crippen molar-refractivity contribution in [1.82, 2.24) is 0 Å². The minimum absolute atomic E-state index is 0. The zero-order chi connectivity index (χ0) is 20.6. The van der Waals surface area contributed by atoms with Crippen LogP contribution in [0.5, 0.6) is 5.75 Å². The van der Waals surface area contributed by atoms with Crippen molar-refractivity contribution in [3.63, 3.8) is 0 Å². The minimum atomic E-state index is -4.89. The third kappa shape index (κ3) is 4.97. The van der Waals surface area contributed by atoms with Crippen LogP contribution in [0.2, 0.25) is 5.02 Å². The molecule has 3 aromatic carbocycles. The summed E-state index contributed by atoms with van der Waals surface area (Å²) in [4.78, 5) is 10.7. The van der Waals surface area contributed by atoms with Gasteiger partial charge in [0.25, 0.3) is 0 Å². The molecule has 0 aliphatic carbocycles. The molecule has 0 atom stereocenters. The predicted molar refractivity (Wildman–Crippen MR) is 107 cm³/mol. The van der Waals surface area contributed by atoms with Gasteiger partial charge in [-0.25, -0.2) is 13.2 Å². The van der Waals surface area contributed by atoms with Gasteiger partial charge in [0.2, 0.25) is 0 Å². The van der Waals surface area contributed by atoms with Crippen molar-refractivity contribution in [2.75, 3.05) is 0 Å². The number of fused-ring (bicyclic) bond motifs is 1. The number of rotatable bonds is 4. The van der Waals surface area contributed by atoms with Crippen LogP contribution in [0, 0.1) is 6.92 Å². The average Bonchev–Trinajstić information content (AvgIpc) is 2.61. The van der Waals surface area contributed by atoms with Crippen LogP contribution in [0.1, 0.15) is 18.8 Å². The molecule has 1 N–H and O–H groups in total. The van der Waals surface area contributed by atoms with E-state index in [4.69, 9.17) is 11.6 Å². The Morgan fingerprint density at radius 2 is 1.83 bits per heavy atom. The monoisotopic (exact) mass is 508 g/mol. The smallest absolute Gasteiger partial charge is 1.00 e. The second-order valence-corrected chi connectivity index (χ2v) is 7.61. The SMILES string of the molecule is Cc1cc(S(=O)(=O)[O-])c(N=Nc2c([O-])c(C(=O)O)cc3ccccc23)cc1Cl.[H-].[H-].[Sr+2]. The van der Waals surface area contributed by atoms with Crippen molar-refractivity contribution in [3.8, 4) is 5.75 Å². The van der Waals surface area contributed by atoms with E-state index in [1.54, 1.807) is 24.3 Å². The summed E-state index contributed by atoms with van der Waals surface area (Å²) in [6.45, 7) is 1.51.